The summed E-state index contributed by atoms with van der Waals surface area (Å²) in [7, 11) is 0. The molecule has 0 amide bonds. The van der Waals surface area contributed by atoms with Gasteiger partial charge in [0.2, 0.25) is 5.60 Å². The summed E-state index contributed by atoms with van der Waals surface area (Å²) in [6.07, 6.45) is -3.26. The van der Waals surface area contributed by atoms with Crippen LogP contribution in [0.1, 0.15) is 18.1 Å². The van der Waals surface area contributed by atoms with Crippen molar-refractivity contribution < 1.29 is 18.3 Å². The summed E-state index contributed by atoms with van der Waals surface area (Å²) < 4.78 is 38.7. The van der Waals surface area contributed by atoms with Crippen LogP contribution in [0.15, 0.2) is 12.3 Å². The van der Waals surface area contributed by atoms with Crippen molar-refractivity contribution in [2.75, 3.05) is 5.32 Å². The summed E-state index contributed by atoms with van der Waals surface area (Å²) in [5.41, 5.74) is -2.48. The van der Waals surface area contributed by atoms with Crippen molar-refractivity contribution in [3.05, 3.63) is 23.4 Å². The highest BCUT2D eigenvalue weighted by Gasteiger charge is 2.62. The number of aliphatic hydroxyl groups is 1. The molecule has 1 aliphatic rings. The Morgan fingerprint density at radius 3 is 2.69 bits per heavy atom. The molecular weight excluding hydrogens is 221 g/mol. The average Bonchev–Trinajstić information content (AvgIpc) is 2.41. The number of nitrogens with one attached hydrogen (secondary N) is 1. The molecule has 88 valence electrons. The number of alkyl halides is 3. The van der Waals surface area contributed by atoms with Crippen molar-refractivity contribution in [1.29, 1.82) is 0 Å². The van der Waals surface area contributed by atoms with E-state index in [1.807, 2.05) is 0 Å². The fraction of sp³-hybridized carbons (Fsp3) is 0.500. The van der Waals surface area contributed by atoms with Gasteiger partial charge in [0.15, 0.2) is 0 Å². The molecule has 1 aromatic heterocycles. The van der Waals surface area contributed by atoms with E-state index in [1.165, 1.54) is 19.2 Å². The maximum Gasteiger partial charge on any atom is 0.423 e. The second-order valence-electron chi connectivity index (χ2n) is 4.04. The predicted molar refractivity (Wildman–Crippen MR) is 52.0 cm³/mol. The zero-order valence-corrected chi connectivity index (χ0v) is 8.76. The smallest absolute Gasteiger partial charge is 0.375 e. The van der Waals surface area contributed by atoms with Gasteiger partial charge in [-0.25, -0.2) is 4.98 Å². The lowest BCUT2D eigenvalue weighted by Crippen LogP contribution is -2.49. The number of halogens is 3. The van der Waals surface area contributed by atoms with E-state index in [2.05, 4.69) is 10.3 Å². The predicted octanol–water partition coefficient (Wildman–Crippen LogP) is 1.95. The second kappa shape index (κ2) is 3.10. The molecule has 0 saturated heterocycles. The van der Waals surface area contributed by atoms with Crippen molar-refractivity contribution in [2.45, 2.75) is 31.7 Å². The van der Waals surface area contributed by atoms with E-state index in [0.29, 0.717) is 5.56 Å². The van der Waals surface area contributed by atoms with Gasteiger partial charge in [-0.1, -0.05) is 0 Å². The first-order valence-corrected chi connectivity index (χ1v) is 4.79. The summed E-state index contributed by atoms with van der Waals surface area (Å²) in [6, 6.07) is 0.170. The van der Waals surface area contributed by atoms with Crippen LogP contribution < -0.4 is 5.32 Å². The van der Waals surface area contributed by atoms with Crippen molar-refractivity contribution >= 4 is 5.82 Å². The second-order valence-corrected chi connectivity index (χ2v) is 4.04. The Morgan fingerprint density at radius 2 is 2.12 bits per heavy atom. The van der Waals surface area contributed by atoms with Gasteiger partial charge in [0.25, 0.3) is 0 Å². The van der Waals surface area contributed by atoms with Gasteiger partial charge in [-0.2, -0.15) is 13.2 Å². The molecular formula is C10H11F3N2O. The number of aryl methyl sites for hydroxylation is 1. The van der Waals surface area contributed by atoms with Crippen LogP contribution in [0.2, 0.25) is 0 Å². The number of anilines is 1. The van der Waals surface area contributed by atoms with Gasteiger partial charge < -0.3 is 10.4 Å². The van der Waals surface area contributed by atoms with Crippen LogP contribution in [-0.2, 0) is 5.60 Å². The van der Waals surface area contributed by atoms with E-state index in [0.717, 1.165) is 0 Å². The minimum Gasteiger partial charge on any atom is -0.375 e. The van der Waals surface area contributed by atoms with Crippen LogP contribution in [0.3, 0.4) is 0 Å². The summed E-state index contributed by atoms with van der Waals surface area (Å²) in [4.78, 5) is 3.85. The van der Waals surface area contributed by atoms with Gasteiger partial charge >= 0.3 is 6.18 Å². The summed E-state index contributed by atoms with van der Waals surface area (Å²) in [5.74, 6) is 0.0953. The molecule has 0 fully saturated rings. The molecule has 3 nitrogen and oxygen atoms in total. The Labute approximate surface area is 90.3 Å². The zero-order valence-electron chi connectivity index (χ0n) is 8.76. The molecule has 0 radical (unpaired) electrons. The van der Waals surface area contributed by atoms with Gasteiger partial charge in [0, 0.05) is 11.8 Å². The topological polar surface area (TPSA) is 45.2 Å². The lowest BCUT2D eigenvalue weighted by atomic mass is 9.90. The van der Waals surface area contributed by atoms with Crippen molar-refractivity contribution in [3.63, 3.8) is 0 Å². The Kier molecular flexibility index (Phi) is 2.17. The Bertz CT molecular complexity index is 433. The van der Waals surface area contributed by atoms with Crippen LogP contribution in [-0.4, -0.2) is 22.3 Å². The van der Waals surface area contributed by atoms with E-state index in [1.54, 1.807) is 6.92 Å². The monoisotopic (exact) mass is 232 g/mol. The molecule has 1 aliphatic heterocycles. The van der Waals surface area contributed by atoms with Gasteiger partial charge in [0.1, 0.15) is 5.82 Å². The molecule has 6 heteroatoms. The lowest BCUT2D eigenvalue weighted by Gasteiger charge is -2.30. The first-order valence-electron chi connectivity index (χ1n) is 4.79. The van der Waals surface area contributed by atoms with E-state index < -0.39 is 17.8 Å². The fourth-order valence-corrected chi connectivity index (χ4v) is 1.92. The SMILES string of the molecule is Cc1cnc2c(c1)C(O)(C(F)(F)F)C(C)N2. The maximum atomic E-state index is 12.9. The number of rotatable bonds is 0. The van der Waals surface area contributed by atoms with Crippen LogP contribution in [0.25, 0.3) is 0 Å². The Hall–Kier alpha value is -1.30. The number of hydrogen-bond donors (Lipinski definition) is 2. The number of aromatic nitrogens is 1. The molecule has 0 saturated carbocycles. The van der Waals surface area contributed by atoms with Crippen LogP contribution >= 0.6 is 0 Å². The maximum absolute atomic E-state index is 12.9. The highest BCUT2D eigenvalue weighted by molar-refractivity contribution is 5.57. The minimum absolute atomic E-state index is 0.0953. The Balaban J connectivity index is 2.63. The minimum atomic E-state index is -4.72. The van der Waals surface area contributed by atoms with Crippen molar-refractivity contribution in [3.8, 4) is 0 Å². The van der Waals surface area contributed by atoms with Gasteiger partial charge in [-0.15, -0.1) is 0 Å². The molecule has 2 unspecified atom stereocenters. The first kappa shape index (κ1) is 11.2. The van der Waals surface area contributed by atoms with Crippen LogP contribution in [0.5, 0.6) is 0 Å². The van der Waals surface area contributed by atoms with Crippen molar-refractivity contribution in [1.82, 2.24) is 4.98 Å². The molecule has 0 aromatic carbocycles. The normalized spacial score (nSPS) is 28.8. The van der Waals surface area contributed by atoms with E-state index >= 15 is 0 Å². The van der Waals surface area contributed by atoms with Crippen LogP contribution in [0.4, 0.5) is 19.0 Å². The third-order valence-corrected chi connectivity index (χ3v) is 2.85. The van der Waals surface area contributed by atoms with E-state index in [4.69, 9.17) is 0 Å². The highest BCUT2D eigenvalue weighted by Crippen LogP contribution is 2.48. The number of nitrogens with zero attached hydrogens (tertiary/aromatic N) is 1. The third-order valence-electron chi connectivity index (χ3n) is 2.85. The molecule has 0 bridgehead atoms. The molecule has 2 heterocycles. The molecule has 2 rings (SSSR count). The summed E-state index contributed by atoms with van der Waals surface area (Å²) in [5, 5.41) is 12.4. The highest BCUT2D eigenvalue weighted by atomic mass is 19.4. The van der Waals surface area contributed by atoms with Gasteiger partial charge in [-0.3, -0.25) is 0 Å². The molecule has 0 aliphatic carbocycles. The molecule has 2 atom stereocenters. The molecule has 1 aromatic rings. The van der Waals surface area contributed by atoms with Crippen LogP contribution in [0, 0.1) is 6.92 Å². The molecule has 2 N–H and O–H groups in total. The average molecular weight is 232 g/mol. The van der Waals surface area contributed by atoms with E-state index in [9.17, 15) is 18.3 Å². The Morgan fingerprint density at radius 1 is 1.50 bits per heavy atom. The molecule has 0 spiro atoms. The summed E-state index contributed by atoms with van der Waals surface area (Å²) in [6.45, 7) is 2.91. The number of hydrogen-bond acceptors (Lipinski definition) is 3. The van der Waals surface area contributed by atoms with Crippen molar-refractivity contribution in [2.24, 2.45) is 0 Å². The largest absolute Gasteiger partial charge is 0.423 e. The number of pyridine rings is 1. The first-order chi connectivity index (χ1) is 7.26. The third kappa shape index (κ3) is 1.29. The fourth-order valence-electron chi connectivity index (χ4n) is 1.92. The lowest BCUT2D eigenvalue weighted by molar-refractivity contribution is -0.267. The molecule has 16 heavy (non-hydrogen) atoms. The quantitative estimate of drug-likeness (QED) is 0.718. The zero-order chi connectivity index (χ0) is 12.1. The van der Waals surface area contributed by atoms with Gasteiger partial charge in [0.05, 0.1) is 6.04 Å². The summed E-state index contributed by atoms with van der Waals surface area (Å²) >= 11 is 0. The van der Waals surface area contributed by atoms with Gasteiger partial charge in [-0.05, 0) is 25.5 Å². The van der Waals surface area contributed by atoms with E-state index in [-0.39, 0.29) is 11.4 Å². The standard InChI is InChI=1S/C10H11F3N2O/c1-5-3-7-8(14-4-5)15-6(2)9(7,16)10(11,12)13/h3-4,6,16H,1-2H3,(H,14,15). The number of fused-ring (bicyclic) bond motifs is 1.